The van der Waals surface area contributed by atoms with Crippen LogP contribution >= 0.6 is 12.2 Å². The van der Waals surface area contributed by atoms with E-state index in [0.717, 1.165) is 22.7 Å². The molecule has 0 amide bonds. The summed E-state index contributed by atoms with van der Waals surface area (Å²) in [6.07, 6.45) is 5.96. The average molecular weight is 366 g/mol. The highest BCUT2D eigenvalue weighted by Crippen LogP contribution is 2.34. The quantitative estimate of drug-likeness (QED) is 0.616. The molecule has 3 rings (SSSR count). The van der Waals surface area contributed by atoms with Gasteiger partial charge in [-0.3, -0.25) is 0 Å². The molecule has 0 bridgehead atoms. The maximum atomic E-state index is 5.70. The first-order chi connectivity index (χ1) is 12.8. The van der Waals surface area contributed by atoms with Gasteiger partial charge in [0.15, 0.2) is 16.6 Å². The van der Waals surface area contributed by atoms with Crippen LogP contribution in [0, 0.1) is 0 Å². The maximum absolute atomic E-state index is 5.70. The summed E-state index contributed by atoms with van der Waals surface area (Å²) < 4.78 is 11.3. The van der Waals surface area contributed by atoms with E-state index < -0.39 is 0 Å². The zero-order valence-electron chi connectivity index (χ0n) is 14.6. The van der Waals surface area contributed by atoms with Gasteiger partial charge in [0.05, 0.1) is 0 Å². The van der Waals surface area contributed by atoms with E-state index >= 15 is 0 Å². The number of ether oxygens (including phenoxy) is 2. The van der Waals surface area contributed by atoms with Gasteiger partial charge in [0.1, 0.15) is 13.2 Å². The SMILES string of the molecule is C=CCNC(=S)N(C/C=C/c1ccccc1)c1ccc2c(c1)OCCO2. The van der Waals surface area contributed by atoms with Crippen LogP contribution in [0.1, 0.15) is 5.56 Å². The Morgan fingerprint density at radius 2 is 1.88 bits per heavy atom. The Kier molecular flexibility index (Phi) is 6.28. The molecule has 0 aromatic heterocycles. The van der Waals surface area contributed by atoms with Crippen LogP contribution < -0.4 is 19.7 Å². The molecule has 0 aliphatic carbocycles. The second-order valence-corrected chi connectivity index (χ2v) is 6.11. The third-order valence-corrected chi connectivity index (χ3v) is 4.24. The number of fused-ring (bicyclic) bond motifs is 1. The predicted octanol–water partition coefficient (Wildman–Crippen LogP) is 4.04. The molecule has 1 aliphatic heterocycles. The summed E-state index contributed by atoms with van der Waals surface area (Å²) in [7, 11) is 0. The molecule has 2 aromatic carbocycles. The number of thiocarbonyl (C=S) groups is 1. The molecule has 0 spiro atoms. The summed E-state index contributed by atoms with van der Waals surface area (Å²) in [6, 6.07) is 16.1. The van der Waals surface area contributed by atoms with Crippen molar-refractivity contribution in [3.8, 4) is 11.5 Å². The van der Waals surface area contributed by atoms with Crippen molar-refractivity contribution in [1.82, 2.24) is 5.32 Å². The van der Waals surface area contributed by atoms with E-state index in [-0.39, 0.29) is 0 Å². The van der Waals surface area contributed by atoms with Crippen molar-refractivity contribution in [1.29, 1.82) is 0 Å². The van der Waals surface area contributed by atoms with E-state index in [1.54, 1.807) is 6.08 Å². The van der Waals surface area contributed by atoms with Gasteiger partial charge in [-0.15, -0.1) is 6.58 Å². The second kappa shape index (κ2) is 9.06. The fourth-order valence-corrected chi connectivity index (χ4v) is 2.88. The fraction of sp³-hybridized carbons (Fsp3) is 0.190. The number of hydrogen-bond acceptors (Lipinski definition) is 3. The van der Waals surface area contributed by atoms with Crippen LogP contribution in [0.25, 0.3) is 6.08 Å². The number of hydrogen-bond donors (Lipinski definition) is 1. The van der Waals surface area contributed by atoms with Gasteiger partial charge in [-0.1, -0.05) is 48.6 Å². The standard InChI is InChI=1S/C21H22N2O2S/c1-2-12-22-21(26)23(13-6-9-17-7-4-3-5-8-17)18-10-11-19-20(16-18)25-15-14-24-19/h2-11,16H,1,12-15H2,(H,22,26)/b9-6+. The summed E-state index contributed by atoms with van der Waals surface area (Å²) in [5.74, 6) is 1.52. The Morgan fingerprint density at radius 3 is 2.65 bits per heavy atom. The third kappa shape index (κ3) is 4.64. The molecule has 134 valence electrons. The highest BCUT2D eigenvalue weighted by atomic mass is 32.1. The molecule has 2 aromatic rings. The monoisotopic (exact) mass is 366 g/mol. The Hall–Kier alpha value is -2.79. The minimum atomic E-state index is 0.559. The maximum Gasteiger partial charge on any atom is 0.174 e. The minimum Gasteiger partial charge on any atom is -0.486 e. The van der Waals surface area contributed by atoms with Crippen molar-refractivity contribution in [3.05, 3.63) is 72.8 Å². The Balaban J connectivity index is 1.79. The van der Waals surface area contributed by atoms with Crippen LogP contribution in [0.2, 0.25) is 0 Å². The molecule has 0 saturated carbocycles. The number of rotatable bonds is 6. The van der Waals surface area contributed by atoms with Crippen LogP contribution in [0.4, 0.5) is 5.69 Å². The van der Waals surface area contributed by atoms with Crippen molar-refractivity contribution >= 4 is 29.1 Å². The van der Waals surface area contributed by atoms with Gasteiger partial charge in [-0.05, 0) is 29.9 Å². The van der Waals surface area contributed by atoms with E-state index in [4.69, 9.17) is 21.7 Å². The van der Waals surface area contributed by atoms with Gasteiger partial charge in [-0.25, -0.2) is 0 Å². The van der Waals surface area contributed by atoms with E-state index in [1.165, 1.54) is 0 Å². The summed E-state index contributed by atoms with van der Waals surface area (Å²) in [4.78, 5) is 2.02. The number of anilines is 1. The smallest absolute Gasteiger partial charge is 0.174 e. The zero-order chi connectivity index (χ0) is 18.2. The van der Waals surface area contributed by atoms with E-state index in [1.807, 2.05) is 41.3 Å². The van der Waals surface area contributed by atoms with E-state index in [9.17, 15) is 0 Å². The molecule has 26 heavy (non-hydrogen) atoms. The first-order valence-corrected chi connectivity index (χ1v) is 8.96. The molecule has 0 saturated heterocycles. The zero-order valence-corrected chi connectivity index (χ0v) is 15.4. The lowest BCUT2D eigenvalue weighted by Crippen LogP contribution is -2.40. The number of nitrogens with one attached hydrogen (secondary N) is 1. The van der Waals surface area contributed by atoms with E-state index in [2.05, 4.69) is 36.2 Å². The average Bonchev–Trinajstić information content (AvgIpc) is 2.70. The molecule has 1 heterocycles. The largest absolute Gasteiger partial charge is 0.486 e. The van der Waals surface area contributed by atoms with Gasteiger partial charge in [0, 0.05) is 24.8 Å². The van der Waals surface area contributed by atoms with Crippen molar-refractivity contribution in [3.63, 3.8) is 0 Å². The van der Waals surface area contributed by atoms with Crippen LogP contribution in [0.15, 0.2) is 67.3 Å². The van der Waals surface area contributed by atoms with Crippen LogP contribution in [0.3, 0.4) is 0 Å². The van der Waals surface area contributed by atoms with Crippen molar-refractivity contribution in [2.45, 2.75) is 0 Å². The first kappa shape index (κ1) is 18.0. The Morgan fingerprint density at radius 1 is 1.12 bits per heavy atom. The molecule has 0 unspecified atom stereocenters. The first-order valence-electron chi connectivity index (χ1n) is 8.55. The lowest BCUT2D eigenvalue weighted by molar-refractivity contribution is 0.171. The molecule has 1 aliphatic rings. The number of nitrogens with zero attached hydrogens (tertiary/aromatic N) is 1. The molecule has 4 nitrogen and oxygen atoms in total. The summed E-state index contributed by atoms with van der Waals surface area (Å²) in [5, 5.41) is 3.83. The van der Waals surface area contributed by atoms with Gasteiger partial charge in [0.25, 0.3) is 0 Å². The molecule has 0 radical (unpaired) electrons. The van der Waals surface area contributed by atoms with Gasteiger partial charge in [0.2, 0.25) is 0 Å². The minimum absolute atomic E-state index is 0.559. The highest BCUT2D eigenvalue weighted by molar-refractivity contribution is 7.80. The van der Waals surface area contributed by atoms with Crippen molar-refractivity contribution in [2.24, 2.45) is 0 Å². The molecule has 1 N–H and O–H groups in total. The van der Waals surface area contributed by atoms with Crippen molar-refractivity contribution in [2.75, 3.05) is 31.2 Å². The van der Waals surface area contributed by atoms with Gasteiger partial charge < -0.3 is 19.7 Å². The fourth-order valence-electron chi connectivity index (χ4n) is 2.62. The van der Waals surface area contributed by atoms with E-state index in [0.29, 0.717) is 31.4 Å². The van der Waals surface area contributed by atoms with Crippen LogP contribution in [-0.2, 0) is 0 Å². The van der Waals surface area contributed by atoms with Gasteiger partial charge >= 0.3 is 0 Å². The van der Waals surface area contributed by atoms with Crippen LogP contribution in [0.5, 0.6) is 11.5 Å². The van der Waals surface area contributed by atoms with Gasteiger partial charge in [-0.2, -0.15) is 0 Å². The predicted molar refractivity (Wildman–Crippen MR) is 111 cm³/mol. The topological polar surface area (TPSA) is 33.7 Å². The Bertz CT molecular complexity index is 790. The molecular weight excluding hydrogens is 344 g/mol. The lowest BCUT2D eigenvalue weighted by atomic mass is 10.2. The normalized spacial score (nSPS) is 12.6. The third-order valence-electron chi connectivity index (χ3n) is 3.88. The molecule has 0 atom stereocenters. The summed E-state index contributed by atoms with van der Waals surface area (Å²) >= 11 is 5.57. The lowest BCUT2D eigenvalue weighted by Gasteiger charge is -2.26. The van der Waals surface area contributed by atoms with Crippen LogP contribution in [-0.4, -0.2) is 31.4 Å². The summed E-state index contributed by atoms with van der Waals surface area (Å²) in [6.45, 7) is 6.12. The highest BCUT2D eigenvalue weighted by Gasteiger charge is 2.16. The van der Waals surface area contributed by atoms with Crippen molar-refractivity contribution < 1.29 is 9.47 Å². The summed E-state index contributed by atoms with van der Waals surface area (Å²) in [5.41, 5.74) is 2.10. The Labute approximate surface area is 159 Å². The number of benzene rings is 2. The second-order valence-electron chi connectivity index (χ2n) is 5.73. The molecule has 5 heteroatoms. The molecular formula is C21H22N2O2S. The molecule has 0 fully saturated rings.